The molecule has 12 nitrogen and oxygen atoms in total. The minimum absolute atomic E-state index is 0.206. The summed E-state index contributed by atoms with van der Waals surface area (Å²) >= 11 is 43.4. The molecule has 1 fully saturated rings. The number of carbonyl (C=O) groups is 6. The molecule has 0 unspecified atom stereocenters. The lowest BCUT2D eigenvalue weighted by Crippen LogP contribution is -2.07. The van der Waals surface area contributed by atoms with Crippen LogP contribution in [0, 0.1) is 96.9 Å². The molecule has 1 aliphatic carbocycles. The summed E-state index contributed by atoms with van der Waals surface area (Å²) in [4.78, 5) is 69.0. The summed E-state index contributed by atoms with van der Waals surface area (Å²) in [6.45, 7) is 32.1. The van der Waals surface area contributed by atoms with Crippen LogP contribution in [0.1, 0.15) is 210 Å². The summed E-state index contributed by atoms with van der Waals surface area (Å²) in [7, 11) is 0. The number of halogens is 8. The third-order valence-corrected chi connectivity index (χ3v) is 22.7. The highest BCUT2D eigenvalue weighted by atomic mass is 79.9. The van der Waals surface area contributed by atoms with Crippen molar-refractivity contribution in [2.75, 3.05) is 0 Å². The fraction of sp³-hybridized carbons (Fsp3) is 0.243. The summed E-state index contributed by atoms with van der Waals surface area (Å²) in [6, 6.07) is 68.9. The fourth-order valence-electron chi connectivity index (χ4n) is 13.6. The van der Waals surface area contributed by atoms with E-state index in [9.17, 15) is 28.8 Å². The number of aryl methyl sites for hydroxylation is 15. The lowest BCUT2D eigenvalue weighted by molar-refractivity contribution is 0.107. The molecule has 20 heteroatoms. The molecule has 0 heterocycles. The molecule has 0 aromatic heterocycles. The van der Waals surface area contributed by atoms with Gasteiger partial charge >= 0.3 is 0 Å². The van der Waals surface area contributed by atoms with Crippen molar-refractivity contribution in [3.05, 3.63) is 384 Å². The van der Waals surface area contributed by atoms with Crippen molar-refractivity contribution in [3.8, 4) is 34.5 Å². The Kier molecular flexibility index (Phi) is 38.2. The van der Waals surface area contributed by atoms with E-state index in [1.165, 1.54) is 51.8 Å². The number of ether oxygens (including phenoxy) is 6. The van der Waals surface area contributed by atoms with Crippen molar-refractivity contribution in [1.29, 1.82) is 0 Å². The van der Waals surface area contributed by atoms with E-state index in [1.54, 1.807) is 54.6 Å². The van der Waals surface area contributed by atoms with Crippen LogP contribution in [-0.2, 0) is 46.1 Å². The molecule has 13 rings (SSSR count). The molecule has 640 valence electrons. The number of carbonyl (C=O) groups excluding carboxylic acids is 6. The molecular formula is C103H100BrCl7O12. The molecule has 0 saturated heterocycles. The number of hydrogen-bond acceptors (Lipinski definition) is 12. The summed E-state index contributed by atoms with van der Waals surface area (Å²) in [5.41, 5.74) is 25.7. The highest BCUT2D eigenvalue weighted by molar-refractivity contribution is 9.10. The van der Waals surface area contributed by atoms with E-state index in [4.69, 9.17) is 110 Å². The lowest BCUT2D eigenvalue weighted by Gasteiger charge is -2.15. The Morgan fingerprint density at radius 2 is 0.528 bits per heavy atom. The first-order valence-corrected chi connectivity index (χ1v) is 43.3. The third-order valence-electron chi connectivity index (χ3n) is 20.4. The third kappa shape index (κ3) is 29.3. The van der Waals surface area contributed by atoms with Crippen molar-refractivity contribution in [2.45, 2.75) is 169 Å². The topological polar surface area (TPSA) is 158 Å². The van der Waals surface area contributed by atoms with Gasteiger partial charge in [-0.05, 0) is 332 Å². The van der Waals surface area contributed by atoms with Gasteiger partial charge in [-0.15, -0.1) is 0 Å². The predicted molar refractivity (Wildman–Crippen MR) is 505 cm³/mol. The first kappa shape index (κ1) is 98.4. The van der Waals surface area contributed by atoms with Crippen LogP contribution in [0.25, 0.3) is 0 Å². The Hall–Kier alpha value is -10.0. The van der Waals surface area contributed by atoms with Gasteiger partial charge in [0.15, 0.2) is 0 Å². The van der Waals surface area contributed by atoms with E-state index in [-0.39, 0.29) is 6.61 Å². The zero-order valence-electron chi connectivity index (χ0n) is 71.6. The van der Waals surface area contributed by atoms with Crippen molar-refractivity contribution < 1.29 is 57.2 Å². The van der Waals surface area contributed by atoms with Crippen LogP contribution < -0.4 is 28.4 Å². The first-order valence-electron chi connectivity index (χ1n) is 39.9. The molecule has 0 spiro atoms. The van der Waals surface area contributed by atoms with Crippen LogP contribution in [-0.4, -0.2) is 31.5 Å². The van der Waals surface area contributed by atoms with Gasteiger partial charge in [-0.25, -0.2) is 0 Å². The Morgan fingerprint density at radius 3 is 0.837 bits per heavy atom. The van der Waals surface area contributed by atoms with Gasteiger partial charge in [0.25, 0.3) is 31.5 Å². The second-order valence-corrected chi connectivity index (χ2v) is 33.5. The standard InChI is InChI=1S/C19H19ClO2.C18H19ClO2.2C17H17ClO2.C16H14BrClO2.C16H14Cl2O2/c1-12-6-9-18(13(2)10-12)22-11-17-15(14-7-8-14)4-3-5-16(17)19(20)21;1-4-14-6-5-7-15(18(19)20)16(14)11-21-17-9-8-12(2)10-13(17)3;2*1-11-7-8-16(13(3)9-11)20-10-15-12(2)5-4-6-14(15)17(18)19;2*1-10-6-7-15(11(2)8-10)20-9-13-12(16(18)19)4-3-5-14(13)17/h3-6,9-10,14H,7-8,11H2,1-2H3;5-10H,4,11H2,1-3H3;2*4-9H,10H2,1-3H3;2*3-8H,9H2,1-2H3. The normalized spacial score (nSPS) is 11.0. The van der Waals surface area contributed by atoms with E-state index in [0.717, 1.165) is 123 Å². The first-order chi connectivity index (χ1) is 58.5. The van der Waals surface area contributed by atoms with Crippen molar-refractivity contribution in [3.63, 3.8) is 0 Å². The molecule has 0 radical (unpaired) electrons. The molecule has 0 bridgehead atoms. The second-order valence-electron chi connectivity index (χ2n) is 30.2. The van der Waals surface area contributed by atoms with Crippen LogP contribution in [0.2, 0.25) is 5.02 Å². The zero-order chi connectivity index (χ0) is 89.9. The van der Waals surface area contributed by atoms with Crippen LogP contribution in [0.4, 0.5) is 0 Å². The van der Waals surface area contributed by atoms with Crippen LogP contribution >= 0.6 is 97.1 Å². The van der Waals surface area contributed by atoms with E-state index >= 15 is 0 Å². The largest absolute Gasteiger partial charge is 0.489 e. The van der Waals surface area contributed by atoms with Gasteiger partial charge in [-0.3, -0.25) is 28.8 Å². The Labute approximate surface area is 766 Å². The molecule has 12 aromatic carbocycles. The van der Waals surface area contributed by atoms with Crippen LogP contribution in [0.5, 0.6) is 34.5 Å². The smallest absolute Gasteiger partial charge is 0.252 e. The predicted octanol–water partition coefficient (Wildman–Crippen LogP) is 29.0. The maximum Gasteiger partial charge on any atom is 0.252 e. The molecule has 1 aliphatic rings. The SMILES string of the molecule is CCc1cccc(C(=O)Cl)c1COc1ccc(C)cc1C.Cc1ccc(OCc2c(Br)cccc2C(=O)Cl)c(C)c1.Cc1ccc(OCc2c(C(=O)Cl)cccc2C2CC2)c(C)c1.Cc1ccc(OCc2c(C)cccc2C(=O)Cl)c(C)c1.Cc1ccc(OCc2c(C)cccc2C(=O)Cl)c(C)c1.Cc1ccc(OCc2c(Cl)cccc2C(=O)Cl)c(C)c1. The molecular weight excluding hydrogens is 1760 g/mol. The highest BCUT2D eigenvalue weighted by Gasteiger charge is 2.29. The van der Waals surface area contributed by atoms with Gasteiger partial charge in [-0.2, -0.15) is 0 Å². The van der Waals surface area contributed by atoms with Gasteiger partial charge in [0.2, 0.25) is 0 Å². The van der Waals surface area contributed by atoms with Gasteiger partial charge in [0, 0.05) is 76.3 Å². The molecule has 1 saturated carbocycles. The zero-order valence-corrected chi connectivity index (χ0v) is 78.5. The van der Waals surface area contributed by atoms with E-state index in [0.29, 0.717) is 82.9 Å². The van der Waals surface area contributed by atoms with Crippen molar-refractivity contribution in [2.24, 2.45) is 0 Å². The molecule has 0 atom stereocenters. The van der Waals surface area contributed by atoms with Gasteiger partial charge in [0.1, 0.15) is 74.1 Å². The van der Waals surface area contributed by atoms with Crippen molar-refractivity contribution >= 4 is 129 Å². The average molecular weight is 1860 g/mol. The maximum atomic E-state index is 11.7. The minimum atomic E-state index is -0.535. The van der Waals surface area contributed by atoms with E-state index in [1.807, 2.05) is 217 Å². The molecule has 0 N–H and O–H groups in total. The second kappa shape index (κ2) is 47.7. The molecule has 12 aromatic rings. The number of rotatable bonds is 26. The highest BCUT2D eigenvalue weighted by Crippen LogP contribution is 2.43. The van der Waals surface area contributed by atoms with Crippen molar-refractivity contribution in [1.82, 2.24) is 0 Å². The molecule has 0 aliphatic heterocycles. The summed E-state index contributed by atoms with van der Waals surface area (Å²) in [5, 5.41) is -2.30. The summed E-state index contributed by atoms with van der Waals surface area (Å²) < 4.78 is 35.9. The minimum Gasteiger partial charge on any atom is -0.489 e. The monoisotopic (exact) mass is 1850 g/mol. The quantitative estimate of drug-likeness (QED) is 0.0473. The average Bonchev–Trinajstić information content (AvgIpc) is 1.66. The van der Waals surface area contributed by atoms with Gasteiger partial charge in [-0.1, -0.05) is 201 Å². The summed E-state index contributed by atoms with van der Waals surface area (Å²) in [6.07, 6.45) is 3.19. The van der Waals surface area contributed by atoms with Crippen LogP contribution in [0.15, 0.2) is 223 Å². The van der Waals surface area contributed by atoms with E-state index in [2.05, 4.69) is 66.2 Å². The fourth-order valence-corrected chi connectivity index (χ4v) is 15.4. The van der Waals surface area contributed by atoms with Crippen LogP contribution in [0.3, 0.4) is 0 Å². The Balaban J connectivity index is 0.000000183. The number of benzene rings is 12. The van der Waals surface area contributed by atoms with Gasteiger partial charge in [0.05, 0.1) is 0 Å². The summed E-state index contributed by atoms with van der Waals surface area (Å²) in [5.74, 6) is 5.46. The number of hydrogen-bond donors (Lipinski definition) is 0. The van der Waals surface area contributed by atoms with E-state index < -0.39 is 31.5 Å². The lowest BCUT2D eigenvalue weighted by atomic mass is 9.99. The molecule has 123 heavy (non-hydrogen) atoms. The Morgan fingerprint density at radius 1 is 0.285 bits per heavy atom. The molecule has 0 amide bonds. The Bertz CT molecular complexity index is 5340. The van der Waals surface area contributed by atoms with Gasteiger partial charge < -0.3 is 28.4 Å². The maximum absolute atomic E-state index is 11.7.